The summed E-state index contributed by atoms with van der Waals surface area (Å²) in [5.74, 6) is -0.469. The van der Waals surface area contributed by atoms with E-state index in [2.05, 4.69) is 159 Å². The normalized spacial score (nSPS) is 11.9. The van der Waals surface area contributed by atoms with Gasteiger partial charge < -0.3 is 18.8 Å². The maximum Gasteiger partial charge on any atom is 0.335 e. The monoisotopic (exact) mass is 763 g/mol. The van der Waals surface area contributed by atoms with Crippen LogP contribution in [-0.4, -0.2) is 37.2 Å². The number of fused-ring (bicyclic) bond motifs is 1. The molecule has 0 saturated heterocycles. The number of carbonyl (C=O) groups is 1. The van der Waals surface area contributed by atoms with Gasteiger partial charge in [-0.3, -0.25) is 0 Å². The second-order valence-corrected chi connectivity index (χ2v) is 19.6. The average Bonchev–Trinajstić information content (AvgIpc) is 3.49. The Bertz CT molecular complexity index is 2280. The number of hydrogen-bond donors (Lipinski definition) is 1. The Morgan fingerprint density at radius 1 is 0.691 bits per heavy atom. The second-order valence-electron chi connectivity index (χ2n) is 14.9. The first kappa shape index (κ1) is 37.9. The Balaban J connectivity index is 1.37. The highest BCUT2D eigenvalue weighted by Gasteiger charge is 2.50. The van der Waals surface area contributed by atoms with Crippen molar-refractivity contribution in [1.29, 1.82) is 0 Å². The minimum atomic E-state index is -2.83. The highest BCUT2D eigenvalue weighted by molar-refractivity contribution is 6.99. The molecule has 55 heavy (non-hydrogen) atoms. The number of carboxylic acid groups (broad SMARTS) is 1. The van der Waals surface area contributed by atoms with Crippen molar-refractivity contribution < 1.29 is 19.1 Å². The number of carboxylic acids is 1. The lowest BCUT2D eigenvalue weighted by molar-refractivity contribution is 0.0696. The third-order valence-electron chi connectivity index (χ3n) is 10.4. The van der Waals surface area contributed by atoms with Crippen LogP contribution in [0.3, 0.4) is 0 Å². The van der Waals surface area contributed by atoms with Gasteiger partial charge in [-0.15, -0.1) is 0 Å². The maximum absolute atomic E-state index is 11.7. The van der Waals surface area contributed by atoms with Gasteiger partial charge in [-0.05, 0) is 68.5 Å². The molecule has 0 aliphatic heterocycles. The maximum atomic E-state index is 11.7. The van der Waals surface area contributed by atoms with E-state index in [0.717, 1.165) is 22.2 Å². The number of ether oxygens (including phenoxy) is 1. The molecule has 278 valence electrons. The van der Waals surface area contributed by atoms with Gasteiger partial charge in [0.2, 0.25) is 0 Å². The van der Waals surface area contributed by atoms with Crippen LogP contribution in [0.5, 0.6) is 5.75 Å². The Kier molecular flexibility index (Phi) is 11.4. The van der Waals surface area contributed by atoms with Crippen LogP contribution in [0.4, 0.5) is 0 Å². The van der Waals surface area contributed by atoms with Gasteiger partial charge in [0.05, 0.1) is 18.2 Å². The first-order valence-corrected chi connectivity index (χ1v) is 21.1. The molecule has 0 aliphatic rings. The zero-order valence-corrected chi connectivity index (χ0v) is 33.2. The van der Waals surface area contributed by atoms with E-state index in [1.807, 2.05) is 6.07 Å². The standard InChI is InChI=1S/C48H46ClNO4Si/c1-48(2,3)55(40-23-12-6-13-24-40,41-25-14-7-15-26-41)54-32-30-45-42(29-31-53-39-22-16-21-37(33-39)47(51)52)43-34-38(49)27-28-44(43)50(45)46(35-17-8-4-9-18-35)36-19-10-5-11-20-36/h4-28,33-34,46H,29-32H2,1-3H3,(H,51,52). The topological polar surface area (TPSA) is 60.7 Å². The van der Waals surface area contributed by atoms with Crippen molar-refractivity contribution in [3.8, 4) is 5.75 Å². The molecule has 0 radical (unpaired) electrons. The smallest absolute Gasteiger partial charge is 0.335 e. The molecule has 6 aromatic carbocycles. The van der Waals surface area contributed by atoms with E-state index in [-0.39, 0.29) is 16.6 Å². The third-order valence-corrected chi connectivity index (χ3v) is 15.7. The van der Waals surface area contributed by atoms with E-state index in [9.17, 15) is 9.90 Å². The van der Waals surface area contributed by atoms with Crippen LogP contribution < -0.4 is 15.1 Å². The summed E-state index contributed by atoms with van der Waals surface area (Å²) in [6, 6.07) is 55.5. The highest BCUT2D eigenvalue weighted by atomic mass is 35.5. The van der Waals surface area contributed by atoms with Crippen molar-refractivity contribution in [2.24, 2.45) is 0 Å². The van der Waals surface area contributed by atoms with E-state index >= 15 is 0 Å². The molecule has 0 saturated carbocycles. The lowest BCUT2D eigenvalue weighted by Gasteiger charge is -2.43. The average molecular weight is 764 g/mol. The fourth-order valence-corrected chi connectivity index (χ4v) is 12.8. The molecule has 0 unspecified atom stereocenters. The van der Waals surface area contributed by atoms with E-state index < -0.39 is 14.3 Å². The van der Waals surface area contributed by atoms with Crippen LogP contribution in [0.15, 0.2) is 164 Å². The predicted octanol–water partition coefficient (Wildman–Crippen LogP) is 10.4. The van der Waals surface area contributed by atoms with Crippen molar-refractivity contribution >= 4 is 47.2 Å². The Hall–Kier alpha value is -5.40. The molecular weight excluding hydrogens is 718 g/mol. The van der Waals surface area contributed by atoms with Crippen LogP contribution in [0, 0.1) is 0 Å². The summed E-state index contributed by atoms with van der Waals surface area (Å²) in [5.41, 5.74) is 5.89. The quantitative estimate of drug-likeness (QED) is 0.112. The zero-order valence-electron chi connectivity index (χ0n) is 31.5. The van der Waals surface area contributed by atoms with Crippen LogP contribution >= 0.6 is 11.6 Å². The van der Waals surface area contributed by atoms with Crippen LogP contribution in [0.25, 0.3) is 10.9 Å². The van der Waals surface area contributed by atoms with Crippen molar-refractivity contribution in [1.82, 2.24) is 4.57 Å². The first-order chi connectivity index (χ1) is 26.7. The van der Waals surface area contributed by atoms with Crippen LogP contribution in [0.1, 0.15) is 59.6 Å². The van der Waals surface area contributed by atoms with Gasteiger partial charge in [0.25, 0.3) is 8.32 Å². The number of aromatic nitrogens is 1. The molecule has 7 aromatic rings. The summed E-state index contributed by atoms with van der Waals surface area (Å²) in [6.45, 7) is 7.75. The van der Waals surface area contributed by atoms with Gasteiger partial charge in [-0.25, -0.2) is 4.79 Å². The van der Waals surface area contributed by atoms with E-state index in [1.165, 1.54) is 21.5 Å². The van der Waals surface area contributed by atoms with E-state index in [0.29, 0.717) is 36.8 Å². The molecule has 1 N–H and O–H groups in total. The highest BCUT2D eigenvalue weighted by Crippen LogP contribution is 2.40. The van der Waals surface area contributed by atoms with E-state index in [4.69, 9.17) is 20.8 Å². The molecule has 7 heteroatoms. The van der Waals surface area contributed by atoms with Gasteiger partial charge in [0.15, 0.2) is 0 Å². The molecule has 0 fully saturated rings. The first-order valence-electron chi connectivity index (χ1n) is 18.8. The SMILES string of the molecule is CC(C)(C)[Si](OCCc1c(CCOc2cccc(C(=O)O)c2)c2cc(Cl)ccc2n1C(c1ccccc1)c1ccccc1)(c1ccccc1)c1ccccc1. The van der Waals surface area contributed by atoms with Crippen molar-refractivity contribution in [2.45, 2.75) is 44.7 Å². The Morgan fingerprint density at radius 2 is 1.25 bits per heavy atom. The van der Waals surface area contributed by atoms with E-state index in [1.54, 1.807) is 24.3 Å². The van der Waals surface area contributed by atoms with Crippen molar-refractivity contribution in [3.63, 3.8) is 0 Å². The van der Waals surface area contributed by atoms with Crippen molar-refractivity contribution in [2.75, 3.05) is 13.2 Å². The number of aromatic carboxylic acids is 1. The number of rotatable bonds is 14. The molecule has 0 atom stereocenters. The van der Waals surface area contributed by atoms with Gasteiger partial charge in [-0.2, -0.15) is 0 Å². The lowest BCUT2D eigenvalue weighted by atomic mass is 9.97. The summed E-state index contributed by atoms with van der Waals surface area (Å²) >= 11 is 6.78. The third kappa shape index (κ3) is 7.90. The summed E-state index contributed by atoms with van der Waals surface area (Å²) in [7, 11) is -2.83. The summed E-state index contributed by atoms with van der Waals surface area (Å²) in [6.07, 6.45) is 1.21. The molecule has 0 bridgehead atoms. The number of benzene rings is 6. The molecule has 1 aromatic heterocycles. The minimum absolute atomic E-state index is 0.129. The molecule has 0 aliphatic carbocycles. The second kappa shape index (κ2) is 16.5. The molecule has 7 rings (SSSR count). The van der Waals surface area contributed by atoms with Crippen LogP contribution in [0.2, 0.25) is 10.1 Å². The van der Waals surface area contributed by atoms with Crippen molar-refractivity contribution in [3.05, 3.63) is 197 Å². The fourth-order valence-electron chi connectivity index (χ4n) is 8.07. The zero-order chi connectivity index (χ0) is 38.4. The summed E-state index contributed by atoms with van der Waals surface area (Å²) in [4.78, 5) is 11.7. The number of halogens is 1. The summed E-state index contributed by atoms with van der Waals surface area (Å²) in [5, 5.41) is 13.6. The predicted molar refractivity (Wildman–Crippen MR) is 227 cm³/mol. The lowest BCUT2D eigenvalue weighted by Crippen LogP contribution is -2.66. The van der Waals surface area contributed by atoms with Gasteiger partial charge in [0.1, 0.15) is 5.75 Å². The fraction of sp³-hybridized carbons (Fsp3) is 0.188. The number of nitrogens with zero attached hydrogens (tertiary/aromatic N) is 1. The van der Waals surface area contributed by atoms with Gasteiger partial charge in [0, 0.05) is 41.1 Å². The molecule has 5 nitrogen and oxygen atoms in total. The minimum Gasteiger partial charge on any atom is -0.493 e. The van der Waals surface area contributed by atoms with Gasteiger partial charge >= 0.3 is 5.97 Å². The van der Waals surface area contributed by atoms with Crippen LogP contribution in [-0.2, 0) is 17.3 Å². The molecule has 0 amide bonds. The molecule has 1 heterocycles. The van der Waals surface area contributed by atoms with Gasteiger partial charge in [-0.1, -0.05) is 160 Å². The Labute approximate surface area is 329 Å². The summed E-state index contributed by atoms with van der Waals surface area (Å²) < 4.78 is 16.3. The molecule has 0 spiro atoms. The molecular formula is C48H46ClNO4Si. The number of hydrogen-bond acceptors (Lipinski definition) is 3. The largest absolute Gasteiger partial charge is 0.493 e. The Morgan fingerprint density at radius 3 is 1.80 bits per heavy atom.